The number of rotatable bonds is 1. The third-order valence-electron chi connectivity index (χ3n) is 3.36. The van der Waals surface area contributed by atoms with Crippen LogP contribution in [-0.2, 0) is 11.3 Å². The van der Waals surface area contributed by atoms with Gasteiger partial charge in [0.1, 0.15) is 5.75 Å². The Kier molecular flexibility index (Phi) is 3.38. The molecule has 16 heavy (non-hydrogen) atoms. The van der Waals surface area contributed by atoms with Crippen LogP contribution in [0.5, 0.6) is 5.75 Å². The van der Waals surface area contributed by atoms with E-state index in [1.807, 2.05) is 6.07 Å². The molecule has 0 spiro atoms. The van der Waals surface area contributed by atoms with E-state index in [-0.39, 0.29) is 12.4 Å². The summed E-state index contributed by atoms with van der Waals surface area (Å²) in [5, 5.41) is 3.38. The van der Waals surface area contributed by atoms with Gasteiger partial charge in [-0.3, -0.25) is 0 Å². The maximum absolute atomic E-state index is 5.80. The zero-order chi connectivity index (χ0) is 10.3. The van der Waals surface area contributed by atoms with Crippen molar-refractivity contribution in [3.8, 4) is 5.75 Å². The number of methoxy groups -OCH3 is 1. The fourth-order valence-corrected chi connectivity index (χ4v) is 2.51. The van der Waals surface area contributed by atoms with E-state index < -0.39 is 0 Å². The zero-order valence-electron chi connectivity index (χ0n) is 9.23. The van der Waals surface area contributed by atoms with Crippen LogP contribution in [0, 0.1) is 0 Å². The molecule has 0 radical (unpaired) electrons. The van der Waals surface area contributed by atoms with E-state index >= 15 is 0 Å². The average molecular weight is 242 g/mol. The Morgan fingerprint density at radius 2 is 2.25 bits per heavy atom. The predicted octanol–water partition coefficient (Wildman–Crippen LogP) is 1.70. The van der Waals surface area contributed by atoms with Crippen molar-refractivity contribution in [3.63, 3.8) is 0 Å². The van der Waals surface area contributed by atoms with Crippen molar-refractivity contribution in [1.82, 2.24) is 5.32 Å². The van der Waals surface area contributed by atoms with E-state index in [1.165, 1.54) is 11.1 Å². The van der Waals surface area contributed by atoms with E-state index in [2.05, 4.69) is 17.4 Å². The van der Waals surface area contributed by atoms with Gasteiger partial charge < -0.3 is 14.8 Å². The minimum Gasteiger partial charge on any atom is -0.497 e. The van der Waals surface area contributed by atoms with Crippen LogP contribution in [0.1, 0.15) is 17.0 Å². The molecule has 0 aliphatic carbocycles. The molecular weight excluding hydrogens is 226 g/mol. The monoisotopic (exact) mass is 241 g/mol. The summed E-state index contributed by atoms with van der Waals surface area (Å²) in [6.45, 7) is 2.73. The van der Waals surface area contributed by atoms with Crippen molar-refractivity contribution < 1.29 is 9.47 Å². The predicted molar refractivity (Wildman–Crippen MR) is 64.4 cm³/mol. The highest BCUT2D eigenvalue weighted by Crippen LogP contribution is 2.35. The largest absolute Gasteiger partial charge is 0.497 e. The van der Waals surface area contributed by atoms with Crippen molar-refractivity contribution in [2.45, 2.75) is 18.6 Å². The minimum absolute atomic E-state index is 0. The number of ether oxygens (including phenoxy) is 2. The summed E-state index contributed by atoms with van der Waals surface area (Å²) in [4.78, 5) is 0. The van der Waals surface area contributed by atoms with Crippen LogP contribution in [0.3, 0.4) is 0 Å². The summed E-state index contributed by atoms with van der Waals surface area (Å²) in [6.07, 6.45) is 0.351. The number of halogens is 1. The molecule has 0 aromatic heterocycles. The first-order chi connectivity index (χ1) is 7.38. The summed E-state index contributed by atoms with van der Waals surface area (Å²) in [6, 6.07) is 6.27. The molecule has 0 amide bonds. The average Bonchev–Trinajstić information content (AvgIpc) is 2.76. The van der Waals surface area contributed by atoms with Gasteiger partial charge in [0.15, 0.2) is 0 Å². The molecule has 0 saturated carbocycles. The lowest BCUT2D eigenvalue weighted by Gasteiger charge is -2.28. The number of hydrogen-bond acceptors (Lipinski definition) is 3. The van der Waals surface area contributed by atoms with Crippen LogP contribution in [0.25, 0.3) is 0 Å². The molecule has 1 aromatic carbocycles. The van der Waals surface area contributed by atoms with Gasteiger partial charge in [0.05, 0.1) is 19.8 Å². The maximum atomic E-state index is 5.80. The first-order valence-electron chi connectivity index (χ1n) is 5.37. The molecule has 1 N–H and O–H groups in total. The van der Waals surface area contributed by atoms with Crippen LogP contribution in [0.4, 0.5) is 0 Å². The second-order valence-corrected chi connectivity index (χ2v) is 4.18. The zero-order valence-corrected chi connectivity index (χ0v) is 10.0. The molecule has 2 aliphatic rings. The topological polar surface area (TPSA) is 30.5 Å². The molecule has 0 bridgehead atoms. The molecule has 1 aromatic rings. The lowest BCUT2D eigenvalue weighted by Crippen LogP contribution is -2.26. The lowest BCUT2D eigenvalue weighted by atomic mass is 9.89. The van der Waals surface area contributed by atoms with Crippen LogP contribution >= 0.6 is 12.4 Å². The molecule has 3 nitrogen and oxygen atoms in total. The highest BCUT2D eigenvalue weighted by Gasteiger charge is 2.34. The normalized spacial score (nSPS) is 26.6. The van der Waals surface area contributed by atoms with Gasteiger partial charge in [-0.15, -0.1) is 12.4 Å². The Hall–Kier alpha value is -0.770. The lowest BCUT2D eigenvalue weighted by molar-refractivity contribution is 0.0298. The Bertz CT molecular complexity index is 383. The third kappa shape index (κ3) is 1.79. The molecule has 1 saturated heterocycles. The van der Waals surface area contributed by atoms with Crippen LogP contribution in [0.15, 0.2) is 18.2 Å². The van der Waals surface area contributed by atoms with E-state index in [9.17, 15) is 0 Å². The summed E-state index contributed by atoms with van der Waals surface area (Å²) >= 11 is 0. The van der Waals surface area contributed by atoms with Gasteiger partial charge in [0, 0.05) is 19.0 Å². The van der Waals surface area contributed by atoms with Gasteiger partial charge in [-0.05, 0) is 23.3 Å². The summed E-state index contributed by atoms with van der Waals surface area (Å²) in [7, 11) is 1.71. The molecule has 4 heteroatoms. The SMILES string of the molecule is COc1ccc2c(c1)C1CNCC1OC2.Cl. The van der Waals surface area contributed by atoms with E-state index in [0.717, 1.165) is 25.4 Å². The highest BCUT2D eigenvalue weighted by molar-refractivity contribution is 5.85. The second-order valence-electron chi connectivity index (χ2n) is 4.18. The van der Waals surface area contributed by atoms with Gasteiger partial charge in [-0.25, -0.2) is 0 Å². The van der Waals surface area contributed by atoms with Crippen molar-refractivity contribution >= 4 is 12.4 Å². The number of benzene rings is 1. The van der Waals surface area contributed by atoms with Gasteiger partial charge in [-0.1, -0.05) is 6.07 Å². The van der Waals surface area contributed by atoms with Crippen LogP contribution in [-0.4, -0.2) is 26.3 Å². The standard InChI is InChI=1S/C12H15NO2.ClH/c1-14-9-3-2-8-7-15-12-6-13-5-11(12)10(8)4-9;/h2-4,11-13H,5-7H2,1H3;1H. The Labute approximate surface area is 102 Å². The van der Waals surface area contributed by atoms with Gasteiger partial charge in [0.2, 0.25) is 0 Å². The molecule has 2 unspecified atom stereocenters. The van der Waals surface area contributed by atoms with Gasteiger partial charge in [0.25, 0.3) is 0 Å². The fourth-order valence-electron chi connectivity index (χ4n) is 2.51. The summed E-state index contributed by atoms with van der Waals surface area (Å²) in [5.41, 5.74) is 2.70. The quantitative estimate of drug-likeness (QED) is 0.812. The van der Waals surface area contributed by atoms with Crippen LogP contribution < -0.4 is 10.1 Å². The molecule has 2 atom stereocenters. The van der Waals surface area contributed by atoms with Crippen molar-refractivity contribution in [3.05, 3.63) is 29.3 Å². The first-order valence-corrected chi connectivity index (χ1v) is 5.37. The molecule has 2 aliphatic heterocycles. The van der Waals surface area contributed by atoms with E-state index in [4.69, 9.17) is 9.47 Å². The van der Waals surface area contributed by atoms with Crippen molar-refractivity contribution in [1.29, 1.82) is 0 Å². The number of hydrogen-bond donors (Lipinski definition) is 1. The molecule has 3 rings (SSSR count). The maximum Gasteiger partial charge on any atom is 0.119 e. The van der Waals surface area contributed by atoms with Crippen molar-refractivity contribution in [2.75, 3.05) is 20.2 Å². The fraction of sp³-hybridized carbons (Fsp3) is 0.500. The minimum atomic E-state index is 0. The molecule has 1 fully saturated rings. The van der Waals surface area contributed by atoms with Gasteiger partial charge in [-0.2, -0.15) is 0 Å². The Balaban J connectivity index is 0.000000963. The second kappa shape index (κ2) is 4.62. The van der Waals surface area contributed by atoms with Gasteiger partial charge >= 0.3 is 0 Å². The van der Waals surface area contributed by atoms with E-state index in [0.29, 0.717) is 12.0 Å². The molecule has 88 valence electrons. The number of fused-ring (bicyclic) bond motifs is 3. The molecule has 2 heterocycles. The first kappa shape index (κ1) is 11.7. The third-order valence-corrected chi connectivity index (χ3v) is 3.36. The van der Waals surface area contributed by atoms with Crippen LogP contribution in [0.2, 0.25) is 0 Å². The smallest absolute Gasteiger partial charge is 0.119 e. The number of nitrogens with one attached hydrogen (secondary N) is 1. The highest BCUT2D eigenvalue weighted by atomic mass is 35.5. The Morgan fingerprint density at radius 1 is 1.38 bits per heavy atom. The Morgan fingerprint density at radius 3 is 3.06 bits per heavy atom. The molecular formula is C12H16ClNO2. The van der Waals surface area contributed by atoms with E-state index in [1.54, 1.807) is 7.11 Å². The van der Waals surface area contributed by atoms with Crippen molar-refractivity contribution in [2.24, 2.45) is 0 Å². The summed E-state index contributed by atoms with van der Waals surface area (Å²) < 4.78 is 11.1. The summed E-state index contributed by atoms with van der Waals surface area (Å²) in [5.74, 6) is 1.45.